The molecule has 0 radical (unpaired) electrons. The van der Waals surface area contributed by atoms with Crippen LogP contribution in [-0.4, -0.2) is 12.7 Å². The van der Waals surface area contributed by atoms with Gasteiger partial charge in [-0.3, -0.25) is 0 Å². The van der Waals surface area contributed by atoms with Crippen LogP contribution >= 0.6 is 0 Å². The summed E-state index contributed by atoms with van der Waals surface area (Å²) in [5.74, 6) is 0. The summed E-state index contributed by atoms with van der Waals surface area (Å²) in [5, 5.41) is 0. The first kappa shape index (κ1) is 13.6. The number of nitrogens with two attached hydrogens (primary N) is 1. The molecule has 0 aromatic heterocycles. The van der Waals surface area contributed by atoms with E-state index in [9.17, 15) is 0 Å². The average molecular weight is 247 g/mol. The molecular weight excluding hydrogens is 222 g/mol. The normalized spacial score (nSPS) is 18.4. The van der Waals surface area contributed by atoms with Gasteiger partial charge >= 0.3 is 0 Å². The van der Waals surface area contributed by atoms with Gasteiger partial charge in [0.1, 0.15) is 0 Å². The molecule has 100 valence electrons. The van der Waals surface area contributed by atoms with Gasteiger partial charge in [0, 0.05) is 12.6 Å². The van der Waals surface area contributed by atoms with E-state index in [-0.39, 0.29) is 11.1 Å². The van der Waals surface area contributed by atoms with Crippen molar-refractivity contribution < 1.29 is 4.74 Å². The van der Waals surface area contributed by atoms with Gasteiger partial charge in [-0.05, 0) is 57.1 Å². The van der Waals surface area contributed by atoms with Gasteiger partial charge < -0.3 is 10.5 Å². The lowest BCUT2D eigenvalue weighted by atomic mass is 9.72. The minimum atomic E-state index is -0.0399. The second kappa shape index (κ2) is 5.02. The molecule has 1 aromatic rings. The lowest BCUT2D eigenvalue weighted by Gasteiger charge is -2.38. The second-order valence-corrected chi connectivity index (χ2v) is 6.17. The topological polar surface area (TPSA) is 35.2 Å². The summed E-state index contributed by atoms with van der Waals surface area (Å²) in [5.41, 5.74) is 8.90. The summed E-state index contributed by atoms with van der Waals surface area (Å²) in [7, 11) is 1.78. The molecule has 0 unspecified atom stereocenters. The van der Waals surface area contributed by atoms with Crippen LogP contribution in [0.15, 0.2) is 24.3 Å². The quantitative estimate of drug-likeness (QED) is 0.865. The Morgan fingerprint density at radius 2 is 1.83 bits per heavy atom. The van der Waals surface area contributed by atoms with Crippen LogP contribution in [-0.2, 0) is 16.7 Å². The van der Waals surface area contributed by atoms with E-state index in [1.54, 1.807) is 7.11 Å². The van der Waals surface area contributed by atoms with E-state index in [4.69, 9.17) is 10.5 Å². The number of hydrogen-bond acceptors (Lipinski definition) is 2. The minimum Gasteiger partial charge on any atom is -0.379 e. The van der Waals surface area contributed by atoms with E-state index in [2.05, 4.69) is 38.1 Å². The fraction of sp³-hybridized carbons (Fsp3) is 0.625. The van der Waals surface area contributed by atoms with E-state index in [1.807, 2.05) is 0 Å². The van der Waals surface area contributed by atoms with Crippen LogP contribution in [0.1, 0.15) is 50.7 Å². The van der Waals surface area contributed by atoms with Crippen LogP contribution < -0.4 is 5.73 Å². The Bertz CT molecular complexity index is 390. The Balaban J connectivity index is 1.96. The number of aryl methyl sites for hydroxylation is 1. The fourth-order valence-corrected chi connectivity index (χ4v) is 2.40. The molecule has 0 heterocycles. The van der Waals surface area contributed by atoms with E-state index in [1.165, 1.54) is 17.5 Å². The Morgan fingerprint density at radius 1 is 1.22 bits per heavy atom. The molecule has 1 aliphatic carbocycles. The van der Waals surface area contributed by atoms with Crippen molar-refractivity contribution in [1.82, 2.24) is 0 Å². The first-order chi connectivity index (χ1) is 8.45. The predicted molar refractivity (Wildman–Crippen MR) is 75.6 cm³/mol. The largest absolute Gasteiger partial charge is 0.379 e. The van der Waals surface area contributed by atoms with Gasteiger partial charge in [0.25, 0.3) is 0 Å². The maximum Gasteiger partial charge on any atom is 0.0625 e. The molecule has 1 saturated carbocycles. The van der Waals surface area contributed by atoms with Crippen molar-refractivity contribution in [2.75, 3.05) is 7.11 Å². The van der Waals surface area contributed by atoms with Crippen LogP contribution in [0.2, 0.25) is 0 Å². The summed E-state index contributed by atoms with van der Waals surface area (Å²) in [6.07, 6.45) is 5.61. The van der Waals surface area contributed by atoms with Crippen LogP contribution in [0.4, 0.5) is 0 Å². The molecule has 0 atom stereocenters. The van der Waals surface area contributed by atoms with E-state index in [0.29, 0.717) is 0 Å². The molecule has 0 saturated heterocycles. The number of ether oxygens (including phenoxy) is 1. The minimum absolute atomic E-state index is 0.0374. The second-order valence-electron chi connectivity index (χ2n) is 6.17. The maximum absolute atomic E-state index is 6.32. The summed E-state index contributed by atoms with van der Waals surface area (Å²) >= 11 is 0. The van der Waals surface area contributed by atoms with Gasteiger partial charge in [0.2, 0.25) is 0 Å². The Labute approximate surface area is 111 Å². The van der Waals surface area contributed by atoms with Crippen molar-refractivity contribution in [1.29, 1.82) is 0 Å². The molecule has 0 bridgehead atoms. The van der Waals surface area contributed by atoms with Crippen molar-refractivity contribution in [3.63, 3.8) is 0 Å². The zero-order valence-corrected chi connectivity index (χ0v) is 11.8. The first-order valence-electron chi connectivity index (χ1n) is 6.89. The van der Waals surface area contributed by atoms with Crippen LogP contribution in [0.25, 0.3) is 0 Å². The third kappa shape index (κ3) is 2.93. The molecule has 2 heteroatoms. The molecule has 0 amide bonds. The summed E-state index contributed by atoms with van der Waals surface area (Å²) in [6, 6.07) is 8.84. The zero-order valence-electron chi connectivity index (χ0n) is 11.8. The fourth-order valence-electron chi connectivity index (χ4n) is 2.40. The zero-order chi connectivity index (χ0) is 13.2. The number of rotatable bonds is 5. The highest BCUT2D eigenvalue weighted by atomic mass is 16.5. The SMILES string of the molecule is COC(C)(C)CCc1ccc(C2(N)CCC2)cc1. The van der Waals surface area contributed by atoms with Crippen molar-refractivity contribution in [2.45, 2.75) is 57.1 Å². The number of methoxy groups -OCH3 is 1. The van der Waals surface area contributed by atoms with E-state index in [0.717, 1.165) is 25.7 Å². The third-order valence-electron chi connectivity index (χ3n) is 4.34. The van der Waals surface area contributed by atoms with Gasteiger partial charge in [-0.25, -0.2) is 0 Å². The van der Waals surface area contributed by atoms with Crippen molar-refractivity contribution >= 4 is 0 Å². The molecular formula is C16H25NO. The van der Waals surface area contributed by atoms with Crippen molar-refractivity contribution in [3.8, 4) is 0 Å². The standard InChI is InChI=1S/C16H25NO/c1-15(2,18-3)12-9-13-5-7-14(8-6-13)16(17)10-4-11-16/h5-8H,4,9-12,17H2,1-3H3. The molecule has 2 nitrogen and oxygen atoms in total. The summed E-state index contributed by atoms with van der Waals surface area (Å²) in [6.45, 7) is 4.26. The van der Waals surface area contributed by atoms with Crippen molar-refractivity contribution in [2.24, 2.45) is 5.73 Å². The lowest BCUT2D eigenvalue weighted by Crippen LogP contribution is -2.43. The van der Waals surface area contributed by atoms with Gasteiger partial charge in [0.15, 0.2) is 0 Å². The summed E-state index contributed by atoms with van der Waals surface area (Å²) < 4.78 is 5.44. The molecule has 1 aromatic carbocycles. The van der Waals surface area contributed by atoms with Gasteiger partial charge in [-0.2, -0.15) is 0 Å². The number of benzene rings is 1. The summed E-state index contributed by atoms with van der Waals surface area (Å²) in [4.78, 5) is 0. The molecule has 0 spiro atoms. The molecule has 18 heavy (non-hydrogen) atoms. The Kier molecular flexibility index (Phi) is 3.79. The van der Waals surface area contributed by atoms with Crippen LogP contribution in [0, 0.1) is 0 Å². The first-order valence-corrected chi connectivity index (χ1v) is 6.89. The van der Waals surface area contributed by atoms with E-state index < -0.39 is 0 Å². The van der Waals surface area contributed by atoms with Gasteiger partial charge in [-0.15, -0.1) is 0 Å². The molecule has 2 N–H and O–H groups in total. The predicted octanol–water partition coefficient (Wildman–Crippen LogP) is 3.38. The van der Waals surface area contributed by atoms with Crippen LogP contribution in [0.5, 0.6) is 0 Å². The monoisotopic (exact) mass is 247 g/mol. The Morgan fingerprint density at radius 3 is 2.28 bits per heavy atom. The molecule has 1 aliphatic rings. The van der Waals surface area contributed by atoms with Crippen molar-refractivity contribution in [3.05, 3.63) is 35.4 Å². The molecule has 0 aliphatic heterocycles. The average Bonchev–Trinajstić information content (AvgIpc) is 2.34. The maximum atomic E-state index is 6.32. The lowest BCUT2D eigenvalue weighted by molar-refractivity contribution is 0.0158. The van der Waals surface area contributed by atoms with Gasteiger partial charge in [-0.1, -0.05) is 24.3 Å². The highest BCUT2D eigenvalue weighted by Gasteiger charge is 2.33. The highest BCUT2D eigenvalue weighted by molar-refractivity contribution is 5.30. The van der Waals surface area contributed by atoms with Gasteiger partial charge in [0.05, 0.1) is 5.60 Å². The molecule has 1 fully saturated rings. The highest BCUT2D eigenvalue weighted by Crippen LogP contribution is 2.38. The third-order valence-corrected chi connectivity index (χ3v) is 4.34. The molecule has 2 rings (SSSR count). The smallest absolute Gasteiger partial charge is 0.0625 e. The van der Waals surface area contributed by atoms with E-state index >= 15 is 0 Å². The number of hydrogen-bond donors (Lipinski definition) is 1. The Hall–Kier alpha value is -0.860. The van der Waals surface area contributed by atoms with Crippen LogP contribution in [0.3, 0.4) is 0 Å².